The van der Waals surface area contributed by atoms with Crippen LogP contribution in [-0.2, 0) is 19.0 Å². The number of nitrogens with zero attached hydrogens (tertiary/aromatic N) is 1. The number of rotatable bonds is 4. The van der Waals surface area contributed by atoms with Crippen molar-refractivity contribution in [2.75, 3.05) is 20.2 Å². The molecule has 0 saturated carbocycles. The standard InChI is InChI=1S/C18H21NO5/c1-22-18(21)14-11-19(8-7-15(14)20)17(13-5-3-2-4-6-13)16-12-23-9-10-24-16/h2-3,5,9-10,12,17,20H,4,6-8,11H2,1H3. The van der Waals surface area contributed by atoms with E-state index >= 15 is 0 Å². The minimum absolute atomic E-state index is 0.101. The van der Waals surface area contributed by atoms with E-state index in [4.69, 9.17) is 14.2 Å². The number of aliphatic hydroxyl groups excluding tert-OH is 1. The number of carbonyl (C=O) groups is 1. The maximum absolute atomic E-state index is 11.9. The molecule has 1 N–H and O–H groups in total. The van der Waals surface area contributed by atoms with E-state index in [1.54, 1.807) is 6.26 Å². The molecule has 0 fully saturated rings. The summed E-state index contributed by atoms with van der Waals surface area (Å²) in [6.45, 7) is 0.914. The molecule has 0 bridgehead atoms. The Morgan fingerprint density at radius 3 is 2.92 bits per heavy atom. The molecular weight excluding hydrogens is 310 g/mol. The first kappa shape index (κ1) is 16.4. The molecule has 3 rings (SSSR count). The lowest BCUT2D eigenvalue weighted by Gasteiger charge is -2.37. The predicted molar refractivity (Wildman–Crippen MR) is 87.5 cm³/mol. The highest BCUT2D eigenvalue weighted by atomic mass is 16.5. The summed E-state index contributed by atoms with van der Waals surface area (Å²) in [5.41, 5.74) is 1.49. The summed E-state index contributed by atoms with van der Waals surface area (Å²) in [6.07, 6.45) is 13.0. The van der Waals surface area contributed by atoms with Gasteiger partial charge in [-0.05, 0) is 18.4 Å². The number of esters is 1. The molecule has 1 atom stereocenters. The summed E-state index contributed by atoms with van der Waals surface area (Å²) >= 11 is 0. The van der Waals surface area contributed by atoms with Crippen LogP contribution in [0, 0.1) is 0 Å². The summed E-state index contributed by atoms with van der Waals surface area (Å²) < 4.78 is 15.7. The lowest BCUT2D eigenvalue weighted by Crippen LogP contribution is -2.44. The molecule has 6 heteroatoms. The molecule has 1 aliphatic carbocycles. The number of aliphatic hydroxyl groups is 1. The highest BCUT2D eigenvalue weighted by molar-refractivity contribution is 5.89. The molecular formula is C18H21NO5. The van der Waals surface area contributed by atoms with Crippen LogP contribution in [0.5, 0.6) is 0 Å². The Morgan fingerprint density at radius 2 is 2.25 bits per heavy atom. The fourth-order valence-corrected chi connectivity index (χ4v) is 3.15. The molecule has 0 aromatic carbocycles. The van der Waals surface area contributed by atoms with Gasteiger partial charge in [-0.15, -0.1) is 0 Å². The van der Waals surface area contributed by atoms with Gasteiger partial charge in [-0.25, -0.2) is 4.79 Å². The quantitative estimate of drug-likeness (QED) is 0.799. The number of hydrogen-bond acceptors (Lipinski definition) is 6. The first-order valence-electron chi connectivity index (χ1n) is 7.97. The van der Waals surface area contributed by atoms with Gasteiger partial charge in [0.2, 0.25) is 0 Å². The van der Waals surface area contributed by atoms with Crippen LogP contribution in [0.15, 0.2) is 59.7 Å². The second-order valence-electron chi connectivity index (χ2n) is 5.79. The fraction of sp³-hybridized carbons (Fsp3) is 0.389. The SMILES string of the molecule is COC(=O)C1=C(O)CCN(C(C2=CC=CCC2)C2=COC=CO2)C1. The van der Waals surface area contributed by atoms with Gasteiger partial charge in [-0.3, -0.25) is 4.90 Å². The summed E-state index contributed by atoms with van der Waals surface area (Å²) in [5.74, 6) is 0.275. The van der Waals surface area contributed by atoms with Crippen molar-refractivity contribution in [1.82, 2.24) is 4.90 Å². The molecule has 3 aliphatic rings. The van der Waals surface area contributed by atoms with Crippen LogP contribution in [0.2, 0.25) is 0 Å². The van der Waals surface area contributed by atoms with E-state index in [1.165, 1.54) is 25.2 Å². The van der Waals surface area contributed by atoms with Crippen molar-refractivity contribution in [3.05, 3.63) is 59.7 Å². The minimum Gasteiger partial charge on any atom is -0.512 e. The van der Waals surface area contributed by atoms with Crippen molar-refractivity contribution in [1.29, 1.82) is 0 Å². The van der Waals surface area contributed by atoms with Gasteiger partial charge in [0, 0.05) is 19.5 Å². The van der Waals surface area contributed by atoms with E-state index in [9.17, 15) is 9.90 Å². The third-order valence-electron chi connectivity index (χ3n) is 4.33. The van der Waals surface area contributed by atoms with E-state index in [0.717, 1.165) is 12.8 Å². The maximum atomic E-state index is 11.9. The number of methoxy groups -OCH3 is 1. The Labute approximate surface area is 141 Å². The van der Waals surface area contributed by atoms with Crippen molar-refractivity contribution in [3.63, 3.8) is 0 Å². The summed E-state index contributed by atoms with van der Waals surface area (Å²) in [5, 5.41) is 10.0. The van der Waals surface area contributed by atoms with Gasteiger partial charge in [0.15, 0.2) is 5.76 Å². The fourth-order valence-electron chi connectivity index (χ4n) is 3.15. The predicted octanol–water partition coefficient (Wildman–Crippen LogP) is 2.68. The monoisotopic (exact) mass is 331 g/mol. The lowest BCUT2D eigenvalue weighted by molar-refractivity contribution is -0.136. The molecule has 0 aromatic rings. The maximum Gasteiger partial charge on any atom is 0.338 e. The van der Waals surface area contributed by atoms with Crippen LogP contribution in [0.4, 0.5) is 0 Å². The van der Waals surface area contributed by atoms with E-state index in [2.05, 4.69) is 17.1 Å². The van der Waals surface area contributed by atoms with E-state index in [-0.39, 0.29) is 11.8 Å². The zero-order valence-corrected chi connectivity index (χ0v) is 13.6. The highest BCUT2D eigenvalue weighted by Crippen LogP contribution is 2.31. The molecule has 1 unspecified atom stereocenters. The smallest absolute Gasteiger partial charge is 0.338 e. The molecule has 0 amide bonds. The minimum atomic E-state index is -0.497. The Hall–Kier alpha value is -2.47. The molecule has 6 nitrogen and oxygen atoms in total. The van der Waals surface area contributed by atoms with Gasteiger partial charge < -0.3 is 19.3 Å². The van der Waals surface area contributed by atoms with Crippen molar-refractivity contribution < 1.29 is 24.1 Å². The van der Waals surface area contributed by atoms with Gasteiger partial charge in [-0.1, -0.05) is 18.2 Å². The van der Waals surface area contributed by atoms with Crippen molar-refractivity contribution >= 4 is 5.97 Å². The average Bonchev–Trinajstić information content (AvgIpc) is 2.64. The van der Waals surface area contributed by atoms with Crippen molar-refractivity contribution in [3.8, 4) is 0 Å². The lowest BCUT2D eigenvalue weighted by atomic mass is 9.93. The van der Waals surface area contributed by atoms with Gasteiger partial charge in [0.25, 0.3) is 0 Å². The summed E-state index contributed by atoms with van der Waals surface area (Å²) in [7, 11) is 1.32. The Balaban J connectivity index is 1.89. The van der Waals surface area contributed by atoms with Crippen LogP contribution in [0.25, 0.3) is 0 Å². The zero-order valence-electron chi connectivity index (χ0n) is 13.6. The number of carbonyl (C=O) groups excluding carboxylic acids is 1. The van der Waals surface area contributed by atoms with Gasteiger partial charge in [0.1, 0.15) is 24.5 Å². The topological polar surface area (TPSA) is 68.2 Å². The normalized spacial score (nSPS) is 22.2. The second-order valence-corrected chi connectivity index (χ2v) is 5.79. The Bertz CT molecular complexity index is 656. The zero-order chi connectivity index (χ0) is 16.9. The molecule has 128 valence electrons. The molecule has 0 spiro atoms. The van der Waals surface area contributed by atoms with Gasteiger partial charge in [0.05, 0.1) is 18.7 Å². The third kappa shape index (κ3) is 3.38. The van der Waals surface area contributed by atoms with Crippen LogP contribution in [0.3, 0.4) is 0 Å². The molecule has 0 saturated heterocycles. The van der Waals surface area contributed by atoms with E-state index in [0.29, 0.717) is 30.8 Å². The van der Waals surface area contributed by atoms with E-state index < -0.39 is 5.97 Å². The summed E-state index contributed by atoms with van der Waals surface area (Å²) in [6, 6.07) is -0.146. The molecule has 2 heterocycles. The van der Waals surface area contributed by atoms with Crippen LogP contribution < -0.4 is 0 Å². The Kier molecular flexibility index (Phi) is 5.05. The number of hydrogen-bond donors (Lipinski definition) is 1. The summed E-state index contributed by atoms with van der Waals surface area (Å²) in [4.78, 5) is 14.0. The van der Waals surface area contributed by atoms with Crippen molar-refractivity contribution in [2.24, 2.45) is 0 Å². The third-order valence-corrected chi connectivity index (χ3v) is 4.33. The van der Waals surface area contributed by atoms with Gasteiger partial charge in [-0.2, -0.15) is 0 Å². The molecule has 0 aromatic heterocycles. The Morgan fingerprint density at radius 1 is 1.38 bits per heavy atom. The first-order valence-corrected chi connectivity index (χ1v) is 7.97. The second kappa shape index (κ2) is 7.40. The van der Waals surface area contributed by atoms with Crippen LogP contribution in [-0.4, -0.2) is 42.2 Å². The number of allylic oxidation sites excluding steroid dienone is 3. The largest absolute Gasteiger partial charge is 0.512 e. The van der Waals surface area contributed by atoms with Gasteiger partial charge >= 0.3 is 5.97 Å². The number of ether oxygens (including phenoxy) is 3. The van der Waals surface area contributed by atoms with Crippen molar-refractivity contribution in [2.45, 2.75) is 25.3 Å². The van der Waals surface area contributed by atoms with E-state index in [1.807, 2.05) is 6.08 Å². The molecule has 24 heavy (non-hydrogen) atoms. The highest BCUT2D eigenvalue weighted by Gasteiger charge is 2.34. The molecule has 0 radical (unpaired) electrons. The first-order chi connectivity index (χ1) is 11.7. The average molecular weight is 331 g/mol. The molecule has 2 aliphatic heterocycles. The van der Waals surface area contributed by atoms with Crippen LogP contribution >= 0.6 is 0 Å². The van der Waals surface area contributed by atoms with Crippen LogP contribution in [0.1, 0.15) is 19.3 Å².